The van der Waals surface area contributed by atoms with Gasteiger partial charge in [-0.05, 0) is 38.2 Å². The van der Waals surface area contributed by atoms with E-state index in [1.54, 1.807) is 6.92 Å². The van der Waals surface area contributed by atoms with Crippen molar-refractivity contribution in [2.45, 2.75) is 45.6 Å². The van der Waals surface area contributed by atoms with Crippen LogP contribution in [0.15, 0.2) is 24.3 Å². The largest absolute Gasteiger partial charge is 0.480 e. The van der Waals surface area contributed by atoms with Crippen molar-refractivity contribution in [1.82, 2.24) is 0 Å². The van der Waals surface area contributed by atoms with Gasteiger partial charge in [-0.1, -0.05) is 43.2 Å². The second-order valence-electron chi connectivity index (χ2n) is 5.39. The molecule has 0 heterocycles. The fourth-order valence-corrected chi connectivity index (χ4v) is 2.11. The molecule has 0 aliphatic carbocycles. The molecule has 3 heteroatoms. The van der Waals surface area contributed by atoms with Crippen LogP contribution in [0.3, 0.4) is 0 Å². The van der Waals surface area contributed by atoms with Gasteiger partial charge in [-0.2, -0.15) is 0 Å². The average Bonchev–Trinajstić information content (AvgIpc) is 2.30. The quantitative estimate of drug-likeness (QED) is 0.814. The van der Waals surface area contributed by atoms with Crippen LogP contribution in [0, 0.1) is 12.8 Å². The molecule has 2 unspecified atom stereocenters. The number of aryl methyl sites for hydroxylation is 1. The highest BCUT2D eigenvalue weighted by Gasteiger charge is 2.30. The van der Waals surface area contributed by atoms with Gasteiger partial charge in [-0.15, -0.1) is 0 Å². The molecule has 0 spiro atoms. The highest BCUT2D eigenvalue weighted by molar-refractivity contribution is 5.77. The molecule has 3 nitrogen and oxygen atoms in total. The molecule has 0 bridgehead atoms. The lowest BCUT2D eigenvalue weighted by atomic mass is 9.84. The number of carboxylic acids is 1. The van der Waals surface area contributed by atoms with Crippen molar-refractivity contribution in [3.05, 3.63) is 35.4 Å². The summed E-state index contributed by atoms with van der Waals surface area (Å²) in [5, 5.41) is 9.06. The maximum atomic E-state index is 11.0. The second-order valence-corrected chi connectivity index (χ2v) is 5.39. The van der Waals surface area contributed by atoms with Gasteiger partial charge in [0.1, 0.15) is 5.54 Å². The van der Waals surface area contributed by atoms with Gasteiger partial charge in [0.25, 0.3) is 0 Å². The summed E-state index contributed by atoms with van der Waals surface area (Å²) in [6, 6.07) is 8.38. The normalized spacial score (nSPS) is 16.0. The molecule has 2 atom stereocenters. The van der Waals surface area contributed by atoms with Crippen molar-refractivity contribution in [1.29, 1.82) is 0 Å². The number of carbonyl (C=O) groups is 1. The predicted molar refractivity (Wildman–Crippen MR) is 73.5 cm³/mol. The van der Waals surface area contributed by atoms with E-state index < -0.39 is 11.5 Å². The number of nitrogens with two attached hydrogens (primary N) is 1. The number of carboxylic acid groups (broad SMARTS) is 1. The molecule has 1 aromatic carbocycles. The average molecular weight is 249 g/mol. The first-order valence-corrected chi connectivity index (χ1v) is 6.43. The van der Waals surface area contributed by atoms with Crippen LogP contribution in [0.2, 0.25) is 0 Å². The lowest BCUT2D eigenvalue weighted by Crippen LogP contribution is -2.46. The maximum Gasteiger partial charge on any atom is 0.323 e. The van der Waals surface area contributed by atoms with Gasteiger partial charge < -0.3 is 10.8 Å². The SMILES string of the molecule is CCC(Cc1ccc(C)cc1)CC(C)(N)C(=O)O. The lowest BCUT2D eigenvalue weighted by Gasteiger charge is -2.25. The van der Waals surface area contributed by atoms with Crippen LogP contribution in [0.5, 0.6) is 0 Å². The van der Waals surface area contributed by atoms with Gasteiger partial charge in [0.05, 0.1) is 0 Å². The molecule has 18 heavy (non-hydrogen) atoms. The number of hydrogen-bond acceptors (Lipinski definition) is 2. The molecule has 3 N–H and O–H groups in total. The zero-order valence-corrected chi connectivity index (χ0v) is 11.4. The topological polar surface area (TPSA) is 63.3 Å². The van der Waals surface area contributed by atoms with E-state index in [-0.39, 0.29) is 0 Å². The first kappa shape index (κ1) is 14.7. The minimum atomic E-state index is -1.13. The van der Waals surface area contributed by atoms with Gasteiger partial charge in [0.15, 0.2) is 0 Å². The van der Waals surface area contributed by atoms with E-state index in [2.05, 4.69) is 38.1 Å². The predicted octanol–water partition coefficient (Wildman–Crippen LogP) is 2.76. The summed E-state index contributed by atoms with van der Waals surface area (Å²) in [7, 11) is 0. The van der Waals surface area contributed by atoms with Crippen molar-refractivity contribution < 1.29 is 9.90 Å². The van der Waals surface area contributed by atoms with Gasteiger partial charge >= 0.3 is 5.97 Å². The molecule has 0 aliphatic heterocycles. The number of benzene rings is 1. The van der Waals surface area contributed by atoms with Gasteiger partial charge in [0, 0.05) is 0 Å². The minimum absolute atomic E-state index is 0.304. The summed E-state index contributed by atoms with van der Waals surface area (Å²) in [5.41, 5.74) is 7.16. The summed E-state index contributed by atoms with van der Waals surface area (Å²) in [6.07, 6.45) is 2.33. The standard InChI is InChI=1S/C15H23NO2/c1-4-12(10-15(3,16)14(17)18)9-13-7-5-11(2)6-8-13/h5-8,12H,4,9-10,16H2,1-3H3,(H,17,18). The molecule has 100 valence electrons. The van der Waals surface area contributed by atoms with E-state index in [0.29, 0.717) is 12.3 Å². The Labute approximate surface area is 109 Å². The Bertz CT molecular complexity index is 395. The van der Waals surface area contributed by atoms with Crippen LogP contribution in [0.4, 0.5) is 0 Å². The maximum absolute atomic E-state index is 11.0. The smallest absolute Gasteiger partial charge is 0.323 e. The molecular formula is C15H23NO2. The fourth-order valence-electron chi connectivity index (χ4n) is 2.11. The van der Waals surface area contributed by atoms with Crippen LogP contribution in [-0.4, -0.2) is 16.6 Å². The van der Waals surface area contributed by atoms with Crippen molar-refractivity contribution in [2.24, 2.45) is 11.7 Å². The molecule has 0 aliphatic rings. The zero-order chi connectivity index (χ0) is 13.8. The third-order valence-corrected chi connectivity index (χ3v) is 3.42. The molecule has 0 aromatic heterocycles. The van der Waals surface area contributed by atoms with Gasteiger partial charge in [0.2, 0.25) is 0 Å². The molecular weight excluding hydrogens is 226 g/mol. The molecule has 0 amide bonds. The van der Waals surface area contributed by atoms with Crippen LogP contribution in [-0.2, 0) is 11.2 Å². The Kier molecular flexibility index (Phi) is 4.91. The van der Waals surface area contributed by atoms with Crippen LogP contribution < -0.4 is 5.73 Å². The Balaban J connectivity index is 2.68. The van der Waals surface area contributed by atoms with E-state index in [4.69, 9.17) is 10.8 Å². The van der Waals surface area contributed by atoms with Crippen molar-refractivity contribution in [3.63, 3.8) is 0 Å². The zero-order valence-electron chi connectivity index (χ0n) is 11.4. The summed E-state index contributed by atoms with van der Waals surface area (Å²) in [5.74, 6) is -0.622. The van der Waals surface area contributed by atoms with Crippen molar-refractivity contribution in [3.8, 4) is 0 Å². The molecule has 1 aromatic rings. The van der Waals surface area contributed by atoms with Gasteiger partial charge in [-0.3, -0.25) is 4.79 Å². The minimum Gasteiger partial charge on any atom is -0.480 e. The summed E-state index contributed by atoms with van der Waals surface area (Å²) in [6.45, 7) is 5.73. The summed E-state index contributed by atoms with van der Waals surface area (Å²) in [4.78, 5) is 11.0. The van der Waals surface area contributed by atoms with Crippen LogP contribution in [0.25, 0.3) is 0 Å². The summed E-state index contributed by atoms with van der Waals surface area (Å²) >= 11 is 0. The third kappa shape index (κ3) is 4.15. The lowest BCUT2D eigenvalue weighted by molar-refractivity contribution is -0.143. The molecule has 1 rings (SSSR count). The Morgan fingerprint density at radius 3 is 2.39 bits per heavy atom. The second kappa shape index (κ2) is 6.01. The van der Waals surface area contributed by atoms with Crippen molar-refractivity contribution >= 4 is 5.97 Å². The Morgan fingerprint density at radius 1 is 1.39 bits per heavy atom. The Morgan fingerprint density at radius 2 is 1.94 bits per heavy atom. The van der Waals surface area contributed by atoms with E-state index in [9.17, 15) is 4.79 Å². The first-order chi connectivity index (χ1) is 8.35. The number of aliphatic carboxylic acids is 1. The van der Waals surface area contributed by atoms with Gasteiger partial charge in [-0.25, -0.2) is 0 Å². The van der Waals surface area contributed by atoms with E-state index in [0.717, 1.165) is 12.8 Å². The van der Waals surface area contributed by atoms with Crippen LogP contribution in [0.1, 0.15) is 37.8 Å². The monoisotopic (exact) mass is 249 g/mol. The molecule has 0 saturated heterocycles. The van der Waals surface area contributed by atoms with E-state index in [1.807, 2.05) is 0 Å². The third-order valence-electron chi connectivity index (χ3n) is 3.42. The highest BCUT2D eigenvalue weighted by Crippen LogP contribution is 2.22. The fraction of sp³-hybridized carbons (Fsp3) is 0.533. The highest BCUT2D eigenvalue weighted by atomic mass is 16.4. The number of rotatable bonds is 6. The van der Waals surface area contributed by atoms with E-state index >= 15 is 0 Å². The van der Waals surface area contributed by atoms with Crippen LogP contribution >= 0.6 is 0 Å². The number of hydrogen-bond donors (Lipinski definition) is 2. The Hall–Kier alpha value is -1.35. The molecule has 0 fully saturated rings. The first-order valence-electron chi connectivity index (χ1n) is 6.43. The van der Waals surface area contributed by atoms with E-state index in [1.165, 1.54) is 11.1 Å². The molecule has 0 radical (unpaired) electrons. The molecule has 0 saturated carbocycles. The van der Waals surface area contributed by atoms with Crippen molar-refractivity contribution in [2.75, 3.05) is 0 Å². The summed E-state index contributed by atoms with van der Waals surface area (Å²) < 4.78 is 0.